The molecule has 1 heterocycles. The van der Waals surface area contributed by atoms with Gasteiger partial charge < -0.3 is 14.8 Å². The van der Waals surface area contributed by atoms with E-state index in [9.17, 15) is 0 Å². The van der Waals surface area contributed by atoms with E-state index in [-0.39, 0.29) is 0 Å². The van der Waals surface area contributed by atoms with Gasteiger partial charge in [0, 0.05) is 12.5 Å². The fourth-order valence-electron chi connectivity index (χ4n) is 3.09. The summed E-state index contributed by atoms with van der Waals surface area (Å²) in [7, 11) is 0. The summed E-state index contributed by atoms with van der Waals surface area (Å²) in [6, 6.07) is 4.88. The van der Waals surface area contributed by atoms with Crippen LogP contribution in [0.3, 0.4) is 0 Å². The normalized spacial score (nSPS) is 24.9. The quantitative estimate of drug-likeness (QED) is 0.904. The Balaban J connectivity index is 1.92. The van der Waals surface area contributed by atoms with Gasteiger partial charge in [0.25, 0.3) is 0 Å². The fraction of sp³-hybridized carbons (Fsp3) is 0.625. The zero-order valence-electron chi connectivity index (χ0n) is 11.9. The highest BCUT2D eigenvalue weighted by atomic mass is 16.5. The monoisotopic (exact) mass is 261 g/mol. The summed E-state index contributed by atoms with van der Waals surface area (Å²) < 4.78 is 11.6. The van der Waals surface area contributed by atoms with Gasteiger partial charge in [-0.15, -0.1) is 0 Å². The molecule has 1 N–H and O–H groups in total. The largest absolute Gasteiger partial charge is 0.490 e. The van der Waals surface area contributed by atoms with Gasteiger partial charge in [0.1, 0.15) is 0 Å². The van der Waals surface area contributed by atoms with Gasteiger partial charge in [0.15, 0.2) is 11.5 Å². The zero-order chi connectivity index (χ0) is 13.2. The van der Waals surface area contributed by atoms with Crippen LogP contribution in [0.25, 0.3) is 0 Å². The van der Waals surface area contributed by atoms with Gasteiger partial charge in [-0.2, -0.15) is 0 Å². The summed E-state index contributed by atoms with van der Waals surface area (Å²) in [5.74, 6) is 2.45. The molecule has 1 aliphatic carbocycles. The maximum Gasteiger partial charge on any atom is 0.161 e. The second-order valence-corrected chi connectivity index (χ2v) is 5.62. The lowest BCUT2D eigenvalue weighted by Crippen LogP contribution is -2.20. The van der Waals surface area contributed by atoms with Crippen LogP contribution < -0.4 is 14.8 Å². The van der Waals surface area contributed by atoms with Crippen LogP contribution in [0.5, 0.6) is 11.5 Å². The molecule has 3 rings (SSSR count). The van der Waals surface area contributed by atoms with Gasteiger partial charge in [0.05, 0.1) is 13.2 Å². The van der Waals surface area contributed by atoms with Crippen LogP contribution >= 0.6 is 0 Å². The minimum atomic E-state index is 0.474. The highest BCUT2D eigenvalue weighted by Crippen LogP contribution is 2.45. The molecule has 2 unspecified atom stereocenters. The van der Waals surface area contributed by atoms with E-state index in [0.29, 0.717) is 12.0 Å². The number of fused-ring (bicyclic) bond motifs is 2. The molecule has 0 aromatic heterocycles. The molecule has 1 aliphatic heterocycles. The molecule has 19 heavy (non-hydrogen) atoms. The van der Waals surface area contributed by atoms with Crippen molar-refractivity contribution in [2.24, 2.45) is 0 Å². The zero-order valence-corrected chi connectivity index (χ0v) is 11.9. The lowest BCUT2D eigenvalue weighted by atomic mass is 10.0. The highest BCUT2D eigenvalue weighted by Gasteiger charge is 2.30. The average Bonchev–Trinajstić information content (AvgIpc) is 2.61. The van der Waals surface area contributed by atoms with Crippen molar-refractivity contribution in [1.29, 1.82) is 0 Å². The number of rotatable bonds is 3. The van der Waals surface area contributed by atoms with Crippen LogP contribution in [-0.4, -0.2) is 19.8 Å². The molecule has 2 atom stereocenters. The van der Waals surface area contributed by atoms with Crippen molar-refractivity contribution in [3.8, 4) is 11.5 Å². The van der Waals surface area contributed by atoms with E-state index in [1.54, 1.807) is 0 Å². The van der Waals surface area contributed by atoms with Crippen molar-refractivity contribution in [3.05, 3.63) is 23.3 Å². The molecule has 0 radical (unpaired) electrons. The minimum absolute atomic E-state index is 0.474. The van der Waals surface area contributed by atoms with Crippen molar-refractivity contribution in [2.75, 3.05) is 19.8 Å². The maximum absolute atomic E-state index is 5.81. The Hall–Kier alpha value is -1.22. The van der Waals surface area contributed by atoms with E-state index in [0.717, 1.165) is 37.7 Å². The highest BCUT2D eigenvalue weighted by molar-refractivity contribution is 5.52. The Bertz CT molecular complexity index is 458. The molecule has 0 spiro atoms. The number of hydrogen-bond donors (Lipinski definition) is 1. The second kappa shape index (κ2) is 5.41. The SMILES string of the molecule is CCCNC1CC(C)c2cc3c(cc21)OCCCO3. The summed E-state index contributed by atoms with van der Waals surface area (Å²) in [6.45, 7) is 7.11. The standard InChI is InChI=1S/C16H23NO2/c1-3-5-17-14-8-11(2)12-9-15-16(10-13(12)14)19-7-4-6-18-15/h9-11,14,17H,3-8H2,1-2H3. The van der Waals surface area contributed by atoms with Gasteiger partial charge in [-0.05, 0) is 48.6 Å². The van der Waals surface area contributed by atoms with E-state index in [2.05, 4.69) is 31.3 Å². The van der Waals surface area contributed by atoms with Gasteiger partial charge in [0.2, 0.25) is 0 Å². The van der Waals surface area contributed by atoms with E-state index in [1.165, 1.54) is 24.0 Å². The molecule has 1 aromatic carbocycles. The molecule has 0 fully saturated rings. The molecular weight excluding hydrogens is 238 g/mol. The van der Waals surface area contributed by atoms with Crippen molar-refractivity contribution in [1.82, 2.24) is 5.32 Å². The summed E-state index contributed by atoms with van der Waals surface area (Å²) >= 11 is 0. The van der Waals surface area contributed by atoms with E-state index in [4.69, 9.17) is 9.47 Å². The number of benzene rings is 1. The predicted octanol–water partition coefficient (Wildman–Crippen LogP) is 3.40. The molecule has 104 valence electrons. The first kappa shape index (κ1) is 12.8. The van der Waals surface area contributed by atoms with Crippen molar-refractivity contribution >= 4 is 0 Å². The minimum Gasteiger partial charge on any atom is -0.490 e. The van der Waals surface area contributed by atoms with E-state index in [1.807, 2.05) is 0 Å². The molecule has 0 saturated heterocycles. The van der Waals surface area contributed by atoms with E-state index >= 15 is 0 Å². The number of hydrogen-bond acceptors (Lipinski definition) is 3. The van der Waals surface area contributed by atoms with Crippen LogP contribution in [0, 0.1) is 0 Å². The smallest absolute Gasteiger partial charge is 0.161 e. The first-order valence-corrected chi connectivity index (χ1v) is 7.46. The Morgan fingerprint density at radius 1 is 1.16 bits per heavy atom. The molecule has 0 saturated carbocycles. The molecule has 2 aliphatic rings. The predicted molar refractivity (Wildman–Crippen MR) is 76.1 cm³/mol. The van der Waals surface area contributed by atoms with Crippen molar-refractivity contribution < 1.29 is 9.47 Å². The Morgan fingerprint density at radius 2 is 1.84 bits per heavy atom. The van der Waals surface area contributed by atoms with Crippen molar-refractivity contribution in [3.63, 3.8) is 0 Å². The van der Waals surface area contributed by atoms with Gasteiger partial charge in [-0.3, -0.25) is 0 Å². The van der Waals surface area contributed by atoms with Gasteiger partial charge >= 0.3 is 0 Å². The molecule has 1 aromatic rings. The molecule has 3 heteroatoms. The molecule has 0 amide bonds. The van der Waals surface area contributed by atoms with Crippen LogP contribution in [-0.2, 0) is 0 Å². The van der Waals surface area contributed by atoms with Gasteiger partial charge in [-0.1, -0.05) is 13.8 Å². The van der Waals surface area contributed by atoms with Crippen LogP contribution in [0.1, 0.15) is 56.2 Å². The van der Waals surface area contributed by atoms with Crippen LogP contribution in [0.4, 0.5) is 0 Å². The lowest BCUT2D eigenvalue weighted by molar-refractivity contribution is 0.296. The van der Waals surface area contributed by atoms with Gasteiger partial charge in [-0.25, -0.2) is 0 Å². The lowest BCUT2D eigenvalue weighted by Gasteiger charge is -2.15. The summed E-state index contributed by atoms with van der Waals surface area (Å²) in [5.41, 5.74) is 2.84. The van der Waals surface area contributed by atoms with Crippen molar-refractivity contribution in [2.45, 2.75) is 45.1 Å². The Labute approximate surface area is 115 Å². The molecule has 3 nitrogen and oxygen atoms in total. The third kappa shape index (κ3) is 2.44. The number of ether oxygens (including phenoxy) is 2. The third-order valence-corrected chi connectivity index (χ3v) is 4.09. The van der Waals surface area contributed by atoms with Crippen LogP contribution in [0.2, 0.25) is 0 Å². The van der Waals surface area contributed by atoms with Crippen LogP contribution in [0.15, 0.2) is 12.1 Å². The first-order valence-electron chi connectivity index (χ1n) is 7.46. The Morgan fingerprint density at radius 3 is 2.53 bits per heavy atom. The average molecular weight is 261 g/mol. The molecule has 0 bridgehead atoms. The third-order valence-electron chi connectivity index (χ3n) is 4.09. The second-order valence-electron chi connectivity index (χ2n) is 5.62. The van der Waals surface area contributed by atoms with E-state index < -0.39 is 0 Å². The first-order chi connectivity index (χ1) is 9.29. The summed E-state index contributed by atoms with van der Waals surface area (Å²) in [4.78, 5) is 0. The summed E-state index contributed by atoms with van der Waals surface area (Å²) in [5, 5.41) is 3.64. The number of nitrogens with one attached hydrogen (secondary N) is 1. The maximum atomic E-state index is 5.81. The fourth-order valence-corrected chi connectivity index (χ4v) is 3.09. The Kier molecular flexibility index (Phi) is 3.65. The topological polar surface area (TPSA) is 30.5 Å². The summed E-state index contributed by atoms with van der Waals surface area (Å²) in [6.07, 6.45) is 3.31. The molecular formula is C16H23NO2.